The van der Waals surface area contributed by atoms with E-state index in [2.05, 4.69) is 6.07 Å². The van der Waals surface area contributed by atoms with Gasteiger partial charge in [0, 0.05) is 0 Å². The van der Waals surface area contributed by atoms with Gasteiger partial charge in [-0.2, -0.15) is 0 Å². The molecule has 3 heteroatoms. The lowest BCUT2D eigenvalue weighted by Gasteiger charge is -2.13. The molecule has 0 spiro atoms. The number of esters is 1. The highest BCUT2D eigenvalue weighted by Crippen LogP contribution is 2.21. The molecule has 0 fully saturated rings. The third-order valence-electron chi connectivity index (χ3n) is 2.93. The predicted octanol–water partition coefficient (Wildman–Crippen LogP) is 4.14. The zero-order valence-corrected chi connectivity index (χ0v) is 12.6. The number of hydrogen-bond acceptors (Lipinski definition) is 3. The van der Waals surface area contributed by atoms with Crippen LogP contribution in [0.4, 0.5) is 0 Å². The summed E-state index contributed by atoms with van der Waals surface area (Å²) in [7, 11) is 0. The molecule has 2 rings (SSSR count). The number of para-hydroxylation sites is 1. The number of benzene rings is 2. The molecule has 0 aliphatic heterocycles. The van der Waals surface area contributed by atoms with Crippen LogP contribution in [0.5, 0.6) is 5.75 Å². The Morgan fingerprint density at radius 1 is 1.10 bits per heavy atom. The van der Waals surface area contributed by atoms with Gasteiger partial charge in [0.05, 0.1) is 6.10 Å². The number of hydrogen-bond donors (Lipinski definition) is 0. The summed E-state index contributed by atoms with van der Waals surface area (Å²) in [5.74, 6) is 0.189. The highest BCUT2D eigenvalue weighted by molar-refractivity contribution is 5.92. The molecular formula is C18H20O3. The Hall–Kier alpha value is -2.29. The van der Waals surface area contributed by atoms with Gasteiger partial charge in [0.2, 0.25) is 0 Å². The Bertz CT molecular complexity index is 617. The molecule has 0 heterocycles. The Morgan fingerprint density at radius 2 is 1.86 bits per heavy atom. The van der Waals surface area contributed by atoms with E-state index in [-0.39, 0.29) is 12.1 Å². The van der Waals surface area contributed by atoms with E-state index >= 15 is 0 Å². The van der Waals surface area contributed by atoms with Gasteiger partial charge in [-0.05, 0) is 38.5 Å². The van der Waals surface area contributed by atoms with Crippen LogP contribution in [0.1, 0.15) is 35.3 Å². The zero-order chi connectivity index (χ0) is 15.2. The summed E-state index contributed by atoms with van der Waals surface area (Å²) in [5.41, 5.74) is 2.71. The van der Waals surface area contributed by atoms with Gasteiger partial charge in [0.25, 0.3) is 0 Å². The van der Waals surface area contributed by atoms with Crippen molar-refractivity contribution >= 4 is 5.97 Å². The van der Waals surface area contributed by atoms with Crippen LogP contribution in [0.25, 0.3) is 0 Å². The third kappa shape index (κ3) is 4.35. The molecule has 0 N–H and O–H groups in total. The molecule has 0 aliphatic carbocycles. The molecule has 0 aromatic heterocycles. The fraction of sp³-hybridized carbons (Fsp3) is 0.278. The third-order valence-corrected chi connectivity index (χ3v) is 2.93. The molecule has 0 aliphatic rings. The van der Waals surface area contributed by atoms with Gasteiger partial charge in [0.1, 0.15) is 17.9 Å². The number of rotatable bonds is 5. The summed E-state index contributed by atoms with van der Waals surface area (Å²) in [4.78, 5) is 12.0. The van der Waals surface area contributed by atoms with Gasteiger partial charge in [-0.25, -0.2) is 4.79 Å². The Labute approximate surface area is 125 Å². The van der Waals surface area contributed by atoms with Gasteiger partial charge >= 0.3 is 5.97 Å². The summed E-state index contributed by atoms with van der Waals surface area (Å²) in [6.45, 7) is 6.12. The lowest BCUT2D eigenvalue weighted by atomic mass is 10.1. The van der Waals surface area contributed by atoms with Crippen molar-refractivity contribution in [2.24, 2.45) is 0 Å². The van der Waals surface area contributed by atoms with E-state index in [1.807, 2.05) is 45.0 Å². The first-order valence-electron chi connectivity index (χ1n) is 7.04. The normalized spacial score (nSPS) is 10.5. The quantitative estimate of drug-likeness (QED) is 0.774. The van der Waals surface area contributed by atoms with E-state index in [4.69, 9.17) is 9.47 Å². The van der Waals surface area contributed by atoms with Crippen LogP contribution < -0.4 is 4.74 Å². The van der Waals surface area contributed by atoms with E-state index in [0.717, 1.165) is 5.56 Å². The van der Waals surface area contributed by atoms with Gasteiger partial charge in [0.15, 0.2) is 0 Å². The average Bonchev–Trinajstić information content (AvgIpc) is 2.45. The van der Waals surface area contributed by atoms with Crippen LogP contribution in [0.15, 0.2) is 48.5 Å². The second kappa shape index (κ2) is 6.93. The minimum atomic E-state index is -0.357. The summed E-state index contributed by atoms with van der Waals surface area (Å²) in [6, 6.07) is 15.2. The number of carbonyl (C=O) groups is 1. The summed E-state index contributed by atoms with van der Waals surface area (Å²) in [5, 5.41) is 0. The van der Waals surface area contributed by atoms with Gasteiger partial charge in [-0.3, -0.25) is 0 Å². The van der Waals surface area contributed by atoms with Crippen LogP contribution in [0, 0.1) is 6.92 Å². The maximum atomic E-state index is 12.0. The molecule has 2 aromatic rings. The van der Waals surface area contributed by atoms with Gasteiger partial charge < -0.3 is 9.47 Å². The Balaban J connectivity index is 2.11. The molecule has 0 radical (unpaired) electrons. The van der Waals surface area contributed by atoms with Crippen molar-refractivity contribution in [3.63, 3.8) is 0 Å². The first kappa shape index (κ1) is 15.1. The molecular weight excluding hydrogens is 264 g/mol. The molecule has 2 aromatic carbocycles. The largest absolute Gasteiger partial charge is 0.488 e. The minimum absolute atomic E-state index is 0.151. The average molecular weight is 284 g/mol. The second-order valence-electron chi connectivity index (χ2n) is 5.23. The first-order chi connectivity index (χ1) is 10.1. The van der Waals surface area contributed by atoms with E-state index in [1.54, 1.807) is 18.2 Å². The molecule has 0 saturated heterocycles. The van der Waals surface area contributed by atoms with Gasteiger partial charge in [-0.15, -0.1) is 0 Å². The number of aryl methyl sites for hydroxylation is 1. The van der Waals surface area contributed by atoms with Crippen molar-refractivity contribution in [2.45, 2.75) is 33.5 Å². The summed E-state index contributed by atoms with van der Waals surface area (Å²) < 4.78 is 11.0. The maximum absolute atomic E-state index is 12.0. The van der Waals surface area contributed by atoms with Crippen LogP contribution in [-0.2, 0) is 11.3 Å². The van der Waals surface area contributed by atoms with Crippen molar-refractivity contribution in [1.82, 2.24) is 0 Å². The number of ether oxygens (including phenoxy) is 2. The number of carbonyl (C=O) groups excluding carboxylic acids is 1. The fourth-order valence-electron chi connectivity index (χ4n) is 2.00. The van der Waals surface area contributed by atoms with Crippen molar-refractivity contribution < 1.29 is 14.3 Å². The second-order valence-corrected chi connectivity index (χ2v) is 5.23. The summed E-state index contributed by atoms with van der Waals surface area (Å²) >= 11 is 0. The fourth-order valence-corrected chi connectivity index (χ4v) is 2.00. The SMILES string of the molecule is Cc1cccc(COc2ccccc2C(=O)OC(C)C)c1. The summed E-state index contributed by atoms with van der Waals surface area (Å²) in [6.07, 6.45) is -0.151. The van der Waals surface area contributed by atoms with Crippen LogP contribution in [0.2, 0.25) is 0 Å². The van der Waals surface area contributed by atoms with Crippen LogP contribution in [-0.4, -0.2) is 12.1 Å². The van der Waals surface area contributed by atoms with E-state index < -0.39 is 0 Å². The van der Waals surface area contributed by atoms with E-state index in [1.165, 1.54) is 5.56 Å². The molecule has 3 nitrogen and oxygen atoms in total. The molecule has 0 amide bonds. The van der Waals surface area contributed by atoms with E-state index in [0.29, 0.717) is 17.9 Å². The molecule has 0 bridgehead atoms. The highest BCUT2D eigenvalue weighted by Gasteiger charge is 2.14. The highest BCUT2D eigenvalue weighted by atomic mass is 16.5. The Kier molecular flexibility index (Phi) is 4.99. The standard InChI is InChI=1S/C18H20O3/c1-13(2)21-18(19)16-9-4-5-10-17(16)20-12-15-8-6-7-14(3)11-15/h4-11,13H,12H2,1-3H3. The lowest BCUT2D eigenvalue weighted by Crippen LogP contribution is -2.13. The van der Waals surface area contributed by atoms with Gasteiger partial charge in [-0.1, -0.05) is 42.0 Å². The van der Waals surface area contributed by atoms with Crippen molar-refractivity contribution in [3.05, 3.63) is 65.2 Å². The maximum Gasteiger partial charge on any atom is 0.342 e. The molecule has 110 valence electrons. The molecule has 0 atom stereocenters. The lowest BCUT2D eigenvalue weighted by molar-refractivity contribution is 0.0373. The smallest absolute Gasteiger partial charge is 0.342 e. The minimum Gasteiger partial charge on any atom is -0.488 e. The topological polar surface area (TPSA) is 35.5 Å². The Morgan fingerprint density at radius 3 is 2.57 bits per heavy atom. The van der Waals surface area contributed by atoms with Crippen LogP contribution >= 0.6 is 0 Å². The monoisotopic (exact) mass is 284 g/mol. The molecule has 21 heavy (non-hydrogen) atoms. The van der Waals surface area contributed by atoms with Crippen molar-refractivity contribution in [3.8, 4) is 5.75 Å². The van der Waals surface area contributed by atoms with Crippen molar-refractivity contribution in [1.29, 1.82) is 0 Å². The van der Waals surface area contributed by atoms with Crippen molar-refractivity contribution in [2.75, 3.05) is 0 Å². The van der Waals surface area contributed by atoms with Crippen LogP contribution in [0.3, 0.4) is 0 Å². The molecule has 0 unspecified atom stereocenters. The predicted molar refractivity (Wildman–Crippen MR) is 82.5 cm³/mol. The molecule has 0 saturated carbocycles. The first-order valence-corrected chi connectivity index (χ1v) is 7.04. The van der Waals surface area contributed by atoms with E-state index in [9.17, 15) is 4.79 Å². The zero-order valence-electron chi connectivity index (χ0n) is 12.6.